The maximum absolute atomic E-state index is 13.2. The van der Waals surface area contributed by atoms with Crippen molar-refractivity contribution in [2.45, 2.75) is 46.7 Å². The lowest BCUT2D eigenvalue weighted by Gasteiger charge is -2.16. The van der Waals surface area contributed by atoms with E-state index in [1.807, 2.05) is 12.1 Å². The van der Waals surface area contributed by atoms with E-state index in [0.29, 0.717) is 21.3 Å². The average Bonchev–Trinajstić information content (AvgIpc) is 2.65. The SMILES string of the molecule is CC(NC1C(C)(C)C1(C)C)c1ccc(F)c(Br)c1. The molecule has 2 rings (SSSR count). The molecule has 0 saturated heterocycles. The lowest BCUT2D eigenvalue weighted by atomic mass is 10.0. The molecule has 0 heterocycles. The van der Waals surface area contributed by atoms with Crippen LogP contribution in [0.2, 0.25) is 0 Å². The van der Waals surface area contributed by atoms with Crippen molar-refractivity contribution >= 4 is 15.9 Å². The molecule has 0 aliphatic heterocycles. The van der Waals surface area contributed by atoms with Crippen molar-refractivity contribution in [3.05, 3.63) is 34.1 Å². The molecule has 1 aromatic carbocycles. The molecule has 1 aliphatic carbocycles. The Morgan fingerprint density at radius 3 is 2.22 bits per heavy atom. The summed E-state index contributed by atoms with van der Waals surface area (Å²) < 4.78 is 13.7. The first kappa shape index (κ1) is 14.0. The number of halogens is 2. The maximum Gasteiger partial charge on any atom is 0.137 e. The van der Waals surface area contributed by atoms with Crippen LogP contribution < -0.4 is 5.32 Å². The summed E-state index contributed by atoms with van der Waals surface area (Å²) in [5, 5.41) is 3.65. The number of nitrogens with one attached hydrogen (secondary N) is 1. The zero-order valence-electron chi connectivity index (χ0n) is 11.6. The van der Waals surface area contributed by atoms with Crippen LogP contribution in [0.1, 0.15) is 46.2 Å². The Morgan fingerprint density at radius 2 is 1.78 bits per heavy atom. The molecule has 1 saturated carbocycles. The molecule has 0 aromatic heterocycles. The van der Waals surface area contributed by atoms with Crippen LogP contribution in [0.5, 0.6) is 0 Å². The van der Waals surface area contributed by atoms with Gasteiger partial charge in [0.1, 0.15) is 5.82 Å². The van der Waals surface area contributed by atoms with Gasteiger partial charge in [0, 0.05) is 12.1 Å². The van der Waals surface area contributed by atoms with Crippen molar-refractivity contribution < 1.29 is 4.39 Å². The predicted octanol–water partition coefficient (Wildman–Crippen LogP) is 4.67. The zero-order chi connectivity index (χ0) is 13.7. The highest BCUT2D eigenvalue weighted by atomic mass is 79.9. The summed E-state index contributed by atoms with van der Waals surface area (Å²) in [6, 6.07) is 5.95. The Labute approximate surface area is 117 Å². The molecular weight excluding hydrogens is 293 g/mol. The third-order valence-electron chi connectivity index (χ3n) is 4.88. The van der Waals surface area contributed by atoms with Crippen LogP contribution in [0.4, 0.5) is 4.39 Å². The molecule has 1 N–H and O–H groups in total. The molecule has 1 atom stereocenters. The van der Waals surface area contributed by atoms with Crippen molar-refractivity contribution in [3.8, 4) is 0 Å². The fraction of sp³-hybridized carbons (Fsp3) is 0.600. The van der Waals surface area contributed by atoms with Gasteiger partial charge >= 0.3 is 0 Å². The standard InChI is InChI=1S/C15H21BrFN/c1-9(10-6-7-12(17)11(16)8-10)18-13-14(2,3)15(13,4)5/h6-9,13,18H,1-5H3. The first-order valence-corrected chi connectivity index (χ1v) is 7.18. The number of benzene rings is 1. The van der Waals surface area contributed by atoms with Gasteiger partial charge in [-0.2, -0.15) is 0 Å². The van der Waals surface area contributed by atoms with Gasteiger partial charge in [0.15, 0.2) is 0 Å². The van der Waals surface area contributed by atoms with Gasteiger partial charge in [0.2, 0.25) is 0 Å². The maximum atomic E-state index is 13.2. The summed E-state index contributed by atoms with van der Waals surface area (Å²) in [7, 11) is 0. The van der Waals surface area contributed by atoms with Crippen molar-refractivity contribution in [2.75, 3.05) is 0 Å². The van der Waals surface area contributed by atoms with E-state index in [0.717, 1.165) is 5.56 Å². The Balaban J connectivity index is 2.10. The molecule has 0 spiro atoms. The smallest absolute Gasteiger partial charge is 0.137 e. The van der Waals surface area contributed by atoms with Crippen LogP contribution in [-0.2, 0) is 0 Å². The van der Waals surface area contributed by atoms with E-state index < -0.39 is 0 Å². The molecule has 0 amide bonds. The van der Waals surface area contributed by atoms with E-state index in [4.69, 9.17) is 0 Å². The van der Waals surface area contributed by atoms with Gasteiger partial charge in [-0.05, 0) is 51.4 Å². The van der Waals surface area contributed by atoms with E-state index in [2.05, 4.69) is 55.9 Å². The van der Waals surface area contributed by atoms with Crippen LogP contribution in [-0.4, -0.2) is 6.04 Å². The van der Waals surface area contributed by atoms with Crippen LogP contribution in [0.15, 0.2) is 22.7 Å². The van der Waals surface area contributed by atoms with Gasteiger partial charge in [-0.3, -0.25) is 0 Å². The number of rotatable bonds is 3. The Bertz CT molecular complexity index is 454. The molecule has 1 unspecified atom stereocenters. The van der Waals surface area contributed by atoms with E-state index in [9.17, 15) is 4.39 Å². The van der Waals surface area contributed by atoms with E-state index in [-0.39, 0.29) is 11.9 Å². The van der Waals surface area contributed by atoms with E-state index in [1.165, 1.54) is 6.07 Å². The number of hydrogen-bond donors (Lipinski definition) is 1. The van der Waals surface area contributed by atoms with E-state index in [1.54, 1.807) is 0 Å². The van der Waals surface area contributed by atoms with Crippen LogP contribution in [0, 0.1) is 16.6 Å². The Hall–Kier alpha value is -0.410. The summed E-state index contributed by atoms with van der Waals surface area (Å²) in [4.78, 5) is 0. The molecule has 1 aliphatic rings. The molecule has 1 aromatic rings. The lowest BCUT2D eigenvalue weighted by Crippen LogP contribution is -2.25. The van der Waals surface area contributed by atoms with Crippen LogP contribution in [0.3, 0.4) is 0 Å². The van der Waals surface area contributed by atoms with Gasteiger partial charge in [0.25, 0.3) is 0 Å². The predicted molar refractivity (Wildman–Crippen MR) is 77.0 cm³/mol. The zero-order valence-corrected chi connectivity index (χ0v) is 13.2. The first-order chi connectivity index (χ1) is 8.18. The minimum Gasteiger partial charge on any atom is -0.306 e. The van der Waals surface area contributed by atoms with Gasteiger partial charge in [-0.25, -0.2) is 4.39 Å². The highest BCUT2D eigenvalue weighted by Crippen LogP contribution is 2.63. The molecule has 0 bridgehead atoms. The molecule has 100 valence electrons. The van der Waals surface area contributed by atoms with Crippen molar-refractivity contribution in [3.63, 3.8) is 0 Å². The molecule has 3 heteroatoms. The minimum absolute atomic E-state index is 0.210. The quantitative estimate of drug-likeness (QED) is 0.854. The molecular formula is C15H21BrFN. The van der Waals surface area contributed by atoms with Crippen molar-refractivity contribution in [1.29, 1.82) is 0 Å². The lowest BCUT2D eigenvalue weighted by molar-refractivity contribution is 0.457. The van der Waals surface area contributed by atoms with Gasteiger partial charge < -0.3 is 5.32 Å². The largest absolute Gasteiger partial charge is 0.306 e. The fourth-order valence-electron chi connectivity index (χ4n) is 2.74. The second-order valence-corrected chi connectivity index (χ2v) is 7.29. The highest BCUT2D eigenvalue weighted by Gasteiger charge is 2.64. The van der Waals surface area contributed by atoms with Gasteiger partial charge in [-0.15, -0.1) is 0 Å². The third kappa shape index (κ3) is 2.12. The summed E-state index contributed by atoms with van der Waals surface area (Å²) in [5.74, 6) is -0.210. The van der Waals surface area contributed by atoms with Gasteiger partial charge in [-0.1, -0.05) is 33.8 Å². The first-order valence-electron chi connectivity index (χ1n) is 6.39. The second kappa shape index (κ2) is 4.31. The summed E-state index contributed by atoms with van der Waals surface area (Å²) >= 11 is 3.24. The van der Waals surface area contributed by atoms with Crippen molar-refractivity contribution in [2.24, 2.45) is 10.8 Å². The average molecular weight is 314 g/mol. The summed E-state index contributed by atoms with van der Waals surface area (Å²) in [6.07, 6.45) is 0. The molecule has 1 fully saturated rings. The molecule has 1 nitrogen and oxygen atoms in total. The van der Waals surface area contributed by atoms with Crippen LogP contribution in [0.25, 0.3) is 0 Å². The number of hydrogen-bond acceptors (Lipinski definition) is 1. The summed E-state index contributed by atoms with van der Waals surface area (Å²) in [5.41, 5.74) is 1.75. The minimum atomic E-state index is -0.210. The monoisotopic (exact) mass is 313 g/mol. The summed E-state index contributed by atoms with van der Waals surface area (Å²) in [6.45, 7) is 11.3. The molecule has 18 heavy (non-hydrogen) atoms. The normalized spacial score (nSPS) is 22.8. The van der Waals surface area contributed by atoms with E-state index >= 15 is 0 Å². The fourth-order valence-corrected chi connectivity index (χ4v) is 3.14. The van der Waals surface area contributed by atoms with Crippen LogP contribution >= 0.6 is 15.9 Å². The topological polar surface area (TPSA) is 12.0 Å². The highest BCUT2D eigenvalue weighted by molar-refractivity contribution is 9.10. The molecule has 0 radical (unpaired) electrons. The van der Waals surface area contributed by atoms with Gasteiger partial charge in [0.05, 0.1) is 4.47 Å². The Kier molecular flexibility index (Phi) is 3.35. The second-order valence-electron chi connectivity index (χ2n) is 6.44. The third-order valence-corrected chi connectivity index (χ3v) is 5.49. The van der Waals surface area contributed by atoms with Crippen molar-refractivity contribution in [1.82, 2.24) is 5.32 Å². The Morgan fingerprint density at radius 1 is 1.22 bits per heavy atom.